The molecular weight excluding hydrogens is 278 g/mol. The molecule has 2 aromatic carbocycles. The number of rotatable bonds is 4. The van der Waals surface area contributed by atoms with E-state index >= 15 is 0 Å². The monoisotopic (exact) mass is 301 g/mol. The Kier molecular flexibility index (Phi) is 5.08. The third-order valence-electron chi connectivity index (χ3n) is 3.89. The molecule has 1 N–H and O–H groups in total. The summed E-state index contributed by atoms with van der Waals surface area (Å²) in [5, 5.41) is 4.19. The molecule has 0 radical (unpaired) electrons. The molecule has 0 fully saturated rings. The highest BCUT2D eigenvalue weighted by molar-refractivity contribution is 6.31. The lowest BCUT2D eigenvalue weighted by atomic mass is 9.86. The molecule has 0 saturated heterocycles. The van der Waals surface area contributed by atoms with Crippen LogP contribution in [0.15, 0.2) is 48.5 Å². The Labute approximate surface area is 133 Å². The lowest BCUT2D eigenvalue weighted by Crippen LogP contribution is -2.19. The SMILES string of the molecule is CNC(Cc1ccc(C(C)(C)C)cc1)c1ccccc1Cl. The molecule has 0 spiro atoms. The summed E-state index contributed by atoms with van der Waals surface area (Å²) in [6.07, 6.45) is 0.935. The lowest BCUT2D eigenvalue weighted by molar-refractivity contribution is 0.583. The Bertz CT molecular complexity index is 581. The molecule has 0 bridgehead atoms. The highest BCUT2D eigenvalue weighted by atomic mass is 35.5. The van der Waals surface area contributed by atoms with Crippen LogP contribution in [0.3, 0.4) is 0 Å². The van der Waals surface area contributed by atoms with Gasteiger partial charge >= 0.3 is 0 Å². The van der Waals surface area contributed by atoms with Crippen molar-refractivity contribution in [2.24, 2.45) is 0 Å². The number of halogens is 1. The van der Waals surface area contributed by atoms with Gasteiger partial charge in [0.15, 0.2) is 0 Å². The van der Waals surface area contributed by atoms with Crippen molar-refractivity contribution in [2.45, 2.75) is 38.6 Å². The van der Waals surface area contributed by atoms with E-state index in [1.807, 2.05) is 25.2 Å². The van der Waals surface area contributed by atoms with E-state index in [4.69, 9.17) is 11.6 Å². The molecule has 21 heavy (non-hydrogen) atoms. The highest BCUT2D eigenvalue weighted by Gasteiger charge is 2.15. The minimum atomic E-state index is 0.198. The Morgan fingerprint density at radius 2 is 1.62 bits per heavy atom. The van der Waals surface area contributed by atoms with Crippen LogP contribution in [0.1, 0.15) is 43.5 Å². The Balaban J connectivity index is 2.18. The number of benzene rings is 2. The van der Waals surface area contributed by atoms with E-state index in [-0.39, 0.29) is 11.5 Å². The zero-order valence-corrected chi connectivity index (χ0v) is 14.0. The van der Waals surface area contributed by atoms with Crippen molar-refractivity contribution in [1.82, 2.24) is 5.32 Å². The molecule has 1 nitrogen and oxygen atoms in total. The summed E-state index contributed by atoms with van der Waals surface area (Å²) in [7, 11) is 1.98. The molecule has 0 amide bonds. The molecule has 2 aromatic rings. The first-order valence-electron chi connectivity index (χ1n) is 7.43. The Morgan fingerprint density at radius 3 is 2.14 bits per heavy atom. The topological polar surface area (TPSA) is 12.0 Å². The summed E-state index contributed by atoms with van der Waals surface area (Å²) < 4.78 is 0. The van der Waals surface area contributed by atoms with Crippen LogP contribution in [0, 0.1) is 0 Å². The number of hydrogen-bond donors (Lipinski definition) is 1. The molecule has 0 heterocycles. The fourth-order valence-electron chi connectivity index (χ4n) is 2.50. The third-order valence-corrected chi connectivity index (χ3v) is 4.23. The van der Waals surface area contributed by atoms with Crippen LogP contribution in [0.25, 0.3) is 0 Å². The quantitative estimate of drug-likeness (QED) is 0.824. The van der Waals surface area contributed by atoms with Crippen molar-refractivity contribution in [1.29, 1.82) is 0 Å². The van der Waals surface area contributed by atoms with E-state index in [1.54, 1.807) is 0 Å². The second-order valence-electron chi connectivity index (χ2n) is 6.51. The van der Waals surface area contributed by atoms with Crippen LogP contribution in [-0.2, 0) is 11.8 Å². The summed E-state index contributed by atoms with van der Waals surface area (Å²) in [4.78, 5) is 0. The Morgan fingerprint density at radius 1 is 1.00 bits per heavy atom. The molecule has 112 valence electrons. The van der Waals surface area contributed by atoms with Crippen molar-refractivity contribution >= 4 is 11.6 Å². The zero-order chi connectivity index (χ0) is 15.5. The van der Waals surface area contributed by atoms with Crippen LogP contribution in [0.4, 0.5) is 0 Å². The normalized spacial score (nSPS) is 13.2. The van der Waals surface area contributed by atoms with Crippen LogP contribution in [-0.4, -0.2) is 7.05 Å². The van der Waals surface area contributed by atoms with E-state index in [9.17, 15) is 0 Å². The predicted octanol–water partition coefficient (Wildman–Crippen LogP) is 5.14. The van der Waals surface area contributed by atoms with Gasteiger partial charge in [0.2, 0.25) is 0 Å². The van der Waals surface area contributed by atoms with Gasteiger partial charge in [0.1, 0.15) is 0 Å². The van der Waals surface area contributed by atoms with Crippen LogP contribution in [0.5, 0.6) is 0 Å². The van der Waals surface area contributed by atoms with Gasteiger partial charge in [-0.2, -0.15) is 0 Å². The first kappa shape index (κ1) is 16.1. The number of likely N-dealkylation sites (N-methyl/N-ethyl adjacent to an activating group) is 1. The van der Waals surface area contributed by atoms with Crippen molar-refractivity contribution < 1.29 is 0 Å². The summed E-state index contributed by atoms with van der Waals surface area (Å²) >= 11 is 6.31. The average molecular weight is 302 g/mol. The fraction of sp³-hybridized carbons (Fsp3) is 0.368. The maximum absolute atomic E-state index is 6.31. The molecule has 0 aromatic heterocycles. The molecule has 1 unspecified atom stereocenters. The van der Waals surface area contributed by atoms with Crippen molar-refractivity contribution in [3.8, 4) is 0 Å². The van der Waals surface area contributed by atoms with Gasteiger partial charge in [-0.15, -0.1) is 0 Å². The van der Waals surface area contributed by atoms with Crippen LogP contribution in [0.2, 0.25) is 5.02 Å². The largest absolute Gasteiger partial charge is 0.313 e. The van der Waals surface area contributed by atoms with Crippen molar-refractivity contribution in [2.75, 3.05) is 7.05 Å². The molecule has 2 rings (SSSR count). The predicted molar refractivity (Wildman–Crippen MR) is 92.1 cm³/mol. The average Bonchev–Trinajstić information content (AvgIpc) is 2.45. The smallest absolute Gasteiger partial charge is 0.0453 e. The molecule has 2 heteroatoms. The summed E-state index contributed by atoms with van der Waals surface area (Å²) in [5.74, 6) is 0. The molecule has 0 aliphatic heterocycles. The first-order valence-corrected chi connectivity index (χ1v) is 7.80. The first-order chi connectivity index (χ1) is 9.91. The van der Waals surface area contributed by atoms with Gasteiger partial charge in [-0.05, 0) is 41.6 Å². The second-order valence-corrected chi connectivity index (χ2v) is 6.92. The molecule has 0 aliphatic carbocycles. The van der Waals surface area contributed by atoms with E-state index in [2.05, 4.69) is 56.4 Å². The van der Waals surface area contributed by atoms with Gasteiger partial charge in [0.25, 0.3) is 0 Å². The molecule has 0 aliphatic rings. The minimum Gasteiger partial charge on any atom is -0.313 e. The van der Waals surface area contributed by atoms with Gasteiger partial charge in [-0.1, -0.05) is 74.8 Å². The summed E-state index contributed by atoms with van der Waals surface area (Å²) in [6, 6.07) is 17.2. The minimum absolute atomic E-state index is 0.198. The third kappa shape index (κ3) is 4.09. The molecule has 1 atom stereocenters. The lowest BCUT2D eigenvalue weighted by Gasteiger charge is -2.21. The maximum Gasteiger partial charge on any atom is 0.0453 e. The van der Waals surface area contributed by atoms with Gasteiger partial charge in [-0.25, -0.2) is 0 Å². The molecular formula is C19H24ClN. The van der Waals surface area contributed by atoms with Crippen LogP contribution < -0.4 is 5.32 Å². The zero-order valence-electron chi connectivity index (χ0n) is 13.3. The number of nitrogens with one attached hydrogen (secondary N) is 1. The van der Waals surface area contributed by atoms with Crippen molar-refractivity contribution in [3.63, 3.8) is 0 Å². The molecule has 0 saturated carbocycles. The fourth-order valence-corrected chi connectivity index (χ4v) is 2.77. The second kappa shape index (κ2) is 6.64. The van der Waals surface area contributed by atoms with Crippen molar-refractivity contribution in [3.05, 3.63) is 70.2 Å². The van der Waals surface area contributed by atoms with Gasteiger partial charge < -0.3 is 5.32 Å². The maximum atomic E-state index is 6.31. The standard InChI is InChI=1S/C19H24ClN/c1-19(2,3)15-11-9-14(10-12-15)13-18(21-4)16-7-5-6-8-17(16)20/h5-12,18,21H,13H2,1-4H3. The van der Waals surface area contributed by atoms with Gasteiger partial charge in [0.05, 0.1) is 0 Å². The van der Waals surface area contributed by atoms with Crippen LogP contribution >= 0.6 is 11.6 Å². The highest BCUT2D eigenvalue weighted by Crippen LogP contribution is 2.27. The number of hydrogen-bond acceptors (Lipinski definition) is 1. The summed E-state index contributed by atoms with van der Waals surface area (Å²) in [5.41, 5.74) is 4.04. The van der Waals surface area contributed by atoms with Gasteiger partial charge in [-0.3, -0.25) is 0 Å². The van der Waals surface area contributed by atoms with E-state index < -0.39 is 0 Å². The summed E-state index contributed by atoms with van der Waals surface area (Å²) in [6.45, 7) is 6.71. The van der Waals surface area contributed by atoms with E-state index in [0.717, 1.165) is 17.0 Å². The Hall–Kier alpha value is -1.31. The van der Waals surface area contributed by atoms with Gasteiger partial charge in [0, 0.05) is 11.1 Å². The van der Waals surface area contributed by atoms with E-state index in [1.165, 1.54) is 11.1 Å². The van der Waals surface area contributed by atoms with E-state index in [0.29, 0.717) is 0 Å².